The number of hydrogen-bond donors (Lipinski definition) is 5. The number of carboxylic acids is 3. The number of carbonyl (C=O) groups excluding carboxylic acids is 2. The van der Waals surface area contributed by atoms with Crippen LogP contribution in [0.2, 0.25) is 5.02 Å². The fourth-order valence-electron chi connectivity index (χ4n) is 3.14. The summed E-state index contributed by atoms with van der Waals surface area (Å²) >= 11 is 7.06. The number of rotatable bonds is 9. The molecule has 0 fully saturated rings. The summed E-state index contributed by atoms with van der Waals surface area (Å²) in [5.74, 6) is -5.07. The highest BCUT2D eigenvalue weighted by Gasteiger charge is 2.20. The van der Waals surface area contributed by atoms with Gasteiger partial charge in [0.15, 0.2) is 0 Å². The van der Waals surface area contributed by atoms with Gasteiger partial charge in [0.05, 0.1) is 32.5 Å². The standard InChI is InChI=1S/C25H19ClN2O8S/c1-12(21(29)28-15-5-9-20(26)19(11-15)25(35)36)37-16-6-3-14(4-7-16)27-22(30)17-8-2-13(23(31)32)10-18(17)24(33)34/h2-12H,1H3,(H,27,30)(H,28,29)(H,31,32)(H,33,34)(H,35,36). The van der Waals surface area contributed by atoms with Crippen molar-refractivity contribution in [2.45, 2.75) is 17.1 Å². The molecule has 0 heterocycles. The number of amides is 2. The molecule has 0 saturated carbocycles. The van der Waals surface area contributed by atoms with E-state index in [1.807, 2.05) is 0 Å². The smallest absolute Gasteiger partial charge is 0.337 e. The molecule has 0 aliphatic heterocycles. The maximum absolute atomic E-state index is 12.6. The normalized spacial score (nSPS) is 11.3. The maximum Gasteiger partial charge on any atom is 0.337 e. The highest BCUT2D eigenvalue weighted by Crippen LogP contribution is 2.27. The fraction of sp³-hybridized carbons (Fsp3) is 0.0800. The van der Waals surface area contributed by atoms with E-state index in [2.05, 4.69) is 10.6 Å². The van der Waals surface area contributed by atoms with Crippen LogP contribution in [0, 0.1) is 0 Å². The van der Waals surface area contributed by atoms with Crippen LogP contribution in [0.1, 0.15) is 48.4 Å². The molecule has 0 aliphatic carbocycles. The number of carboxylic acid groups (broad SMARTS) is 3. The number of hydrogen-bond acceptors (Lipinski definition) is 6. The van der Waals surface area contributed by atoms with Crippen LogP contribution in [0.4, 0.5) is 11.4 Å². The van der Waals surface area contributed by atoms with Crippen molar-refractivity contribution in [3.63, 3.8) is 0 Å². The van der Waals surface area contributed by atoms with Crippen LogP contribution < -0.4 is 10.6 Å². The highest BCUT2D eigenvalue weighted by atomic mass is 35.5. The predicted octanol–water partition coefficient (Wildman–Crippen LogP) is 4.81. The third kappa shape index (κ3) is 6.87. The molecule has 0 bridgehead atoms. The second-order valence-corrected chi connectivity index (χ2v) is 9.42. The molecule has 10 nitrogen and oxygen atoms in total. The molecule has 3 rings (SSSR count). The molecule has 37 heavy (non-hydrogen) atoms. The summed E-state index contributed by atoms with van der Waals surface area (Å²) in [6, 6.07) is 13.8. The van der Waals surface area contributed by atoms with Crippen molar-refractivity contribution in [2.24, 2.45) is 0 Å². The van der Waals surface area contributed by atoms with Gasteiger partial charge < -0.3 is 26.0 Å². The van der Waals surface area contributed by atoms with Crippen molar-refractivity contribution in [1.29, 1.82) is 0 Å². The summed E-state index contributed by atoms with van der Waals surface area (Å²) in [4.78, 5) is 59.7. The van der Waals surface area contributed by atoms with Crippen LogP contribution in [0.15, 0.2) is 65.6 Å². The largest absolute Gasteiger partial charge is 0.478 e. The second kappa shape index (κ2) is 11.6. The molecule has 190 valence electrons. The Morgan fingerprint density at radius 1 is 0.730 bits per heavy atom. The zero-order valence-corrected chi connectivity index (χ0v) is 20.6. The van der Waals surface area contributed by atoms with Gasteiger partial charge in [-0.3, -0.25) is 9.59 Å². The lowest BCUT2D eigenvalue weighted by Crippen LogP contribution is -2.22. The van der Waals surface area contributed by atoms with E-state index in [0.717, 1.165) is 18.2 Å². The van der Waals surface area contributed by atoms with Crippen LogP contribution in [0.3, 0.4) is 0 Å². The second-order valence-electron chi connectivity index (χ2n) is 7.60. The Balaban J connectivity index is 1.65. The fourth-order valence-corrected chi connectivity index (χ4v) is 4.20. The summed E-state index contributed by atoms with van der Waals surface area (Å²) in [5.41, 5.74) is -0.394. The van der Waals surface area contributed by atoms with Crippen molar-refractivity contribution in [2.75, 3.05) is 10.6 Å². The van der Waals surface area contributed by atoms with Gasteiger partial charge >= 0.3 is 17.9 Å². The van der Waals surface area contributed by atoms with Crippen LogP contribution in [-0.4, -0.2) is 50.3 Å². The molecule has 0 radical (unpaired) electrons. The van der Waals surface area contributed by atoms with E-state index in [4.69, 9.17) is 21.8 Å². The van der Waals surface area contributed by atoms with Crippen LogP contribution in [0.5, 0.6) is 0 Å². The van der Waals surface area contributed by atoms with Crippen LogP contribution >= 0.6 is 23.4 Å². The van der Waals surface area contributed by atoms with Gasteiger partial charge in [0.1, 0.15) is 0 Å². The molecule has 12 heteroatoms. The molecule has 0 aliphatic rings. The summed E-state index contributed by atoms with van der Waals surface area (Å²) in [7, 11) is 0. The molecule has 0 aromatic heterocycles. The number of aromatic carboxylic acids is 3. The van der Waals surface area contributed by atoms with Gasteiger partial charge in [-0.05, 0) is 67.6 Å². The van der Waals surface area contributed by atoms with Gasteiger partial charge in [-0.25, -0.2) is 14.4 Å². The van der Waals surface area contributed by atoms with Crippen molar-refractivity contribution in [3.8, 4) is 0 Å². The molecule has 0 saturated heterocycles. The molecular formula is C25H19ClN2O8S. The first-order valence-corrected chi connectivity index (χ1v) is 11.7. The first-order valence-electron chi connectivity index (χ1n) is 10.5. The van der Waals surface area contributed by atoms with Crippen LogP contribution in [-0.2, 0) is 4.79 Å². The highest BCUT2D eigenvalue weighted by molar-refractivity contribution is 8.00. The number of thioether (sulfide) groups is 1. The number of anilines is 2. The molecule has 0 spiro atoms. The number of carbonyl (C=O) groups is 5. The summed E-state index contributed by atoms with van der Waals surface area (Å²) in [6.07, 6.45) is 0. The minimum absolute atomic E-state index is 0.0524. The zero-order chi connectivity index (χ0) is 27.3. The lowest BCUT2D eigenvalue weighted by molar-refractivity contribution is -0.115. The Bertz CT molecular complexity index is 1410. The summed E-state index contributed by atoms with van der Waals surface area (Å²) < 4.78 is 0. The monoisotopic (exact) mass is 542 g/mol. The van der Waals surface area contributed by atoms with Crippen LogP contribution in [0.25, 0.3) is 0 Å². The summed E-state index contributed by atoms with van der Waals surface area (Å²) in [5, 5.41) is 32.3. The third-order valence-corrected chi connectivity index (χ3v) is 6.44. The Hall–Kier alpha value is -4.35. The quantitative estimate of drug-likeness (QED) is 0.238. The average Bonchev–Trinajstić information content (AvgIpc) is 2.85. The van der Waals surface area contributed by atoms with Gasteiger partial charge in [0.2, 0.25) is 5.91 Å². The Morgan fingerprint density at radius 2 is 1.35 bits per heavy atom. The van der Waals surface area contributed by atoms with E-state index in [9.17, 15) is 29.1 Å². The maximum atomic E-state index is 12.6. The van der Waals surface area contributed by atoms with Gasteiger partial charge in [0.25, 0.3) is 5.91 Å². The van der Waals surface area contributed by atoms with Crippen molar-refractivity contribution < 1.29 is 39.3 Å². The van der Waals surface area contributed by atoms with Gasteiger partial charge in [0, 0.05) is 16.3 Å². The van der Waals surface area contributed by atoms with Crippen molar-refractivity contribution >= 4 is 64.5 Å². The molecule has 5 N–H and O–H groups in total. The third-order valence-electron chi connectivity index (χ3n) is 5.00. The summed E-state index contributed by atoms with van der Waals surface area (Å²) in [6.45, 7) is 1.66. The molecule has 1 unspecified atom stereocenters. The molecule has 3 aromatic carbocycles. The average molecular weight is 543 g/mol. The van der Waals surface area contributed by atoms with E-state index in [1.165, 1.54) is 30.0 Å². The lowest BCUT2D eigenvalue weighted by Gasteiger charge is -2.13. The van der Waals surface area contributed by atoms with E-state index >= 15 is 0 Å². The molecule has 2 amide bonds. The lowest BCUT2D eigenvalue weighted by atomic mass is 10.0. The Morgan fingerprint density at radius 3 is 1.95 bits per heavy atom. The van der Waals surface area contributed by atoms with Gasteiger partial charge in [-0.15, -0.1) is 11.8 Å². The molecule has 1 atom stereocenters. The SMILES string of the molecule is CC(Sc1ccc(NC(=O)c2ccc(C(=O)O)cc2C(=O)O)cc1)C(=O)Nc1ccc(Cl)c(C(=O)O)c1. The number of nitrogens with one attached hydrogen (secondary N) is 2. The van der Waals surface area contributed by atoms with E-state index in [1.54, 1.807) is 31.2 Å². The van der Waals surface area contributed by atoms with E-state index < -0.39 is 34.6 Å². The van der Waals surface area contributed by atoms with Gasteiger partial charge in [-0.2, -0.15) is 0 Å². The number of benzene rings is 3. The predicted molar refractivity (Wildman–Crippen MR) is 137 cm³/mol. The first kappa shape index (κ1) is 27.2. The Labute approximate surface area is 219 Å². The molecule has 3 aromatic rings. The first-order chi connectivity index (χ1) is 17.5. The minimum atomic E-state index is -1.44. The Kier molecular flexibility index (Phi) is 8.53. The van der Waals surface area contributed by atoms with Crippen molar-refractivity contribution in [3.05, 3.63) is 87.9 Å². The zero-order valence-electron chi connectivity index (χ0n) is 19.0. The van der Waals surface area contributed by atoms with Crippen molar-refractivity contribution in [1.82, 2.24) is 0 Å². The van der Waals surface area contributed by atoms with Gasteiger partial charge in [-0.1, -0.05) is 11.6 Å². The topological polar surface area (TPSA) is 170 Å². The molecular weight excluding hydrogens is 524 g/mol. The van der Waals surface area contributed by atoms with E-state index in [0.29, 0.717) is 10.6 Å². The minimum Gasteiger partial charge on any atom is -0.478 e. The number of halogens is 1. The van der Waals surface area contributed by atoms with E-state index in [-0.39, 0.29) is 33.3 Å².